The maximum absolute atomic E-state index is 11.2. The average molecular weight is 309 g/mol. The molecule has 1 heterocycles. The van der Waals surface area contributed by atoms with Gasteiger partial charge in [0.05, 0.1) is 13.5 Å². The Morgan fingerprint density at radius 3 is 2.95 bits per heavy atom. The predicted molar refractivity (Wildman–Crippen MR) is 87.5 cm³/mol. The van der Waals surface area contributed by atoms with Crippen LogP contribution in [0.5, 0.6) is 0 Å². The second kappa shape index (κ2) is 8.54. The number of thiophene rings is 1. The predicted octanol–water partition coefficient (Wildman–Crippen LogP) is 3.77. The first kappa shape index (κ1) is 16.5. The van der Waals surface area contributed by atoms with Crippen LogP contribution in [-0.2, 0) is 22.5 Å². The maximum Gasteiger partial charge on any atom is 0.310 e. The largest absolute Gasteiger partial charge is 0.469 e. The number of ether oxygens (including phenoxy) is 1. The monoisotopic (exact) mass is 309 g/mol. The van der Waals surface area contributed by atoms with Gasteiger partial charge in [0.15, 0.2) is 0 Å². The second-order valence-corrected chi connectivity index (χ2v) is 7.48. The van der Waals surface area contributed by atoms with E-state index in [-0.39, 0.29) is 5.97 Å². The molecule has 1 aliphatic carbocycles. The number of nitrogens with one attached hydrogen (secondary N) is 1. The molecular weight excluding hydrogens is 282 g/mol. The number of hydrogen-bond donors (Lipinski definition) is 1. The van der Waals surface area contributed by atoms with E-state index in [4.69, 9.17) is 0 Å². The average Bonchev–Trinajstić information content (AvgIpc) is 2.91. The highest BCUT2D eigenvalue weighted by atomic mass is 32.1. The van der Waals surface area contributed by atoms with Gasteiger partial charge in [-0.15, -0.1) is 11.3 Å². The van der Waals surface area contributed by atoms with Crippen molar-refractivity contribution in [2.75, 3.05) is 13.7 Å². The highest BCUT2D eigenvalue weighted by Crippen LogP contribution is 2.30. The van der Waals surface area contributed by atoms with E-state index in [1.54, 1.807) is 11.3 Å². The van der Waals surface area contributed by atoms with Gasteiger partial charge >= 0.3 is 5.97 Å². The summed E-state index contributed by atoms with van der Waals surface area (Å²) in [5.41, 5.74) is 0. The van der Waals surface area contributed by atoms with Crippen LogP contribution in [0.3, 0.4) is 0 Å². The quantitative estimate of drug-likeness (QED) is 0.615. The zero-order chi connectivity index (χ0) is 15.1. The molecule has 2 rings (SSSR count). The molecule has 0 aliphatic heterocycles. The summed E-state index contributed by atoms with van der Waals surface area (Å²) in [4.78, 5) is 13.6. The molecule has 2 atom stereocenters. The molecule has 118 valence electrons. The summed E-state index contributed by atoms with van der Waals surface area (Å²) in [6, 6.07) is 4.14. The molecule has 1 aromatic heterocycles. The molecule has 1 N–H and O–H groups in total. The van der Waals surface area contributed by atoms with E-state index in [0.29, 0.717) is 6.42 Å². The third-order valence-electron chi connectivity index (χ3n) is 4.34. The van der Waals surface area contributed by atoms with E-state index in [1.165, 1.54) is 44.1 Å². The van der Waals surface area contributed by atoms with Crippen LogP contribution in [0.15, 0.2) is 12.1 Å². The number of hydrogen-bond acceptors (Lipinski definition) is 4. The molecule has 0 bridgehead atoms. The lowest BCUT2D eigenvalue weighted by molar-refractivity contribution is -0.139. The summed E-state index contributed by atoms with van der Waals surface area (Å²) in [5.74, 6) is 1.67. The van der Waals surface area contributed by atoms with Crippen LogP contribution in [0.2, 0.25) is 0 Å². The van der Waals surface area contributed by atoms with Crippen molar-refractivity contribution >= 4 is 17.3 Å². The lowest BCUT2D eigenvalue weighted by Gasteiger charge is -2.26. The normalized spacial score (nSPS) is 22.2. The topological polar surface area (TPSA) is 38.3 Å². The molecule has 1 aromatic rings. The van der Waals surface area contributed by atoms with Crippen molar-refractivity contribution in [3.63, 3.8) is 0 Å². The second-order valence-electron chi connectivity index (χ2n) is 6.22. The highest BCUT2D eigenvalue weighted by Gasteiger charge is 2.18. The third kappa shape index (κ3) is 5.79. The third-order valence-corrected chi connectivity index (χ3v) is 5.42. The Kier molecular flexibility index (Phi) is 6.71. The van der Waals surface area contributed by atoms with Gasteiger partial charge in [0.2, 0.25) is 0 Å². The van der Waals surface area contributed by atoms with Crippen LogP contribution in [0.4, 0.5) is 0 Å². The Bertz CT molecular complexity index is 444. The van der Waals surface area contributed by atoms with Crippen molar-refractivity contribution in [1.82, 2.24) is 5.32 Å². The van der Waals surface area contributed by atoms with Crippen LogP contribution in [0.25, 0.3) is 0 Å². The van der Waals surface area contributed by atoms with Gasteiger partial charge < -0.3 is 10.1 Å². The minimum absolute atomic E-state index is 0.164. The number of esters is 1. The van der Waals surface area contributed by atoms with E-state index < -0.39 is 0 Å². The molecule has 3 nitrogen and oxygen atoms in total. The first-order valence-corrected chi connectivity index (χ1v) is 8.84. The summed E-state index contributed by atoms with van der Waals surface area (Å²) in [6.07, 6.45) is 7.33. The fourth-order valence-corrected chi connectivity index (χ4v) is 4.14. The van der Waals surface area contributed by atoms with Gasteiger partial charge in [-0.2, -0.15) is 0 Å². The van der Waals surface area contributed by atoms with Crippen molar-refractivity contribution in [2.24, 2.45) is 11.8 Å². The summed E-state index contributed by atoms with van der Waals surface area (Å²) >= 11 is 1.70. The van der Waals surface area contributed by atoms with Gasteiger partial charge in [-0.1, -0.05) is 26.2 Å². The summed E-state index contributed by atoms with van der Waals surface area (Å²) in [7, 11) is 1.44. The van der Waals surface area contributed by atoms with Crippen molar-refractivity contribution in [3.8, 4) is 0 Å². The summed E-state index contributed by atoms with van der Waals surface area (Å²) < 4.78 is 4.69. The molecule has 21 heavy (non-hydrogen) atoms. The standard InChI is InChI=1S/C17H27NO2S/c1-13-4-3-5-14(10-13)8-9-18-12-16-7-6-15(21-16)11-17(19)20-2/h6-7,13-14,18H,3-5,8-12H2,1-2H3. The number of rotatable bonds is 7. The summed E-state index contributed by atoms with van der Waals surface area (Å²) in [6.45, 7) is 4.39. The van der Waals surface area contributed by atoms with Crippen molar-refractivity contribution in [2.45, 2.75) is 52.0 Å². The first-order chi connectivity index (χ1) is 10.2. The Morgan fingerprint density at radius 1 is 1.38 bits per heavy atom. The van der Waals surface area contributed by atoms with Crippen LogP contribution in [-0.4, -0.2) is 19.6 Å². The minimum Gasteiger partial charge on any atom is -0.469 e. The Morgan fingerprint density at radius 2 is 2.19 bits per heavy atom. The fraction of sp³-hybridized carbons (Fsp3) is 0.706. The molecular formula is C17H27NO2S. The van der Waals surface area contributed by atoms with Gasteiger partial charge in [0, 0.05) is 16.3 Å². The van der Waals surface area contributed by atoms with Crippen LogP contribution >= 0.6 is 11.3 Å². The zero-order valence-corrected chi connectivity index (χ0v) is 14.0. The van der Waals surface area contributed by atoms with Gasteiger partial charge in [-0.25, -0.2) is 0 Å². The molecule has 1 fully saturated rings. The first-order valence-electron chi connectivity index (χ1n) is 8.02. The molecule has 0 aromatic carbocycles. The molecule has 2 unspecified atom stereocenters. The van der Waals surface area contributed by atoms with Crippen LogP contribution in [0.1, 0.15) is 48.8 Å². The SMILES string of the molecule is COC(=O)Cc1ccc(CNCCC2CCCC(C)C2)s1. The lowest BCUT2D eigenvalue weighted by atomic mass is 9.81. The number of methoxy groups -OCH3 is 1. The van der Waals surface area contributed by atoms with Crippen LogP contribution < -0.4 is 5.32 Å². The highest BCUT2D eigenvalue weighted by molar-refractivity contribution is 7.12. The van der Waals surface area contributed by atoms with Crippen molar-refractivity contribution < 1.29 is 9.53 Å². The van der Waals surface area contributed by atoms with E-state index >= 15 is 0 Å². The van der Waals surface area contributed by atoms with E-state index in [0.717, 1.165) is 29.8 Å². The van der Waals surface area contributed by atoms with E-state index in [1.807, 2.05) is 6.07 Å². The maximum atomic E-state index is 11.2. The molecule has 4 heteroatoms. The molecule has 1 saturated carbocycles. The lowest BCUT2D eigenvalue weighted by Crippen LogP contribution is -2.20. The molecule has 0 amide bonds. The molecule has 0 radical (unpaired) electrons. The van der Waals surface area contributed by atoms with Gasteiger partial charge in [0.25, 0.3) is 0 Å². The number of carbonyl (C=O) groups is 1. The summed E-state index contributed by atoms with van der Waals surface area (Å²) in [5, 5.41) is 3.54. The van der Waals surface area contributed by atoms with Gasteiger partial charge in [-0.05, 0) is 43.4 Å². The Hall–Kier alpha value is -0.870. The fourth-order valence-electron chi connectivity index (χ4n) is 3.17. The van der Waals surface area contributed by atoms with E-state index in [9.17, 15) is 4.79 Å². The smallest absolute Gasteiger partial charge is 0.310 e. The Labute approximate surface area is 132 Å². The van der Waals surface area contributed by atoms with Crippen molar-refractivity contribution in [1.29, 1.82) is 0 Å². The van der Waals surface area contributed by atoms with Gasteiger partial charge in [-0.3, -0.25) is 4.79 Å². The molecule has 0 spiro atoms. The molecule has 1 aliphatic rings. The van der Waals surface area contributed by atoms with E-state index in [2.05, 4.69) is 23.0 Å². The number of carbonyl (C=O) groups excluding carboxylic acids is 1. The van der Waals surface area contributed by atoms with Crippen LogP contribution in [0, 0.1) is 11.8 Å². The minimum atomic E-state index is -0.164. The van der Waals surface area contributed by atoms with Crippen molar-refractivity contribution in [3.05, 3.63) is 21.9 Å². The zero-order valence-electron chi connectivity index (χ0n) is 13.2. The molecule has 0 saturated heterocycles. The van der Waals surface area contributed by atoms with Gasteiger partial charge in [0.1, 0.15) is 0 Å². The Balaban J connectivity index is 1.63.